The molecule has 0 aliphatic carbocycles. The van der Waals surface area contributed by atoms with Gasteiger partial charge in [0.1, 0.15) is 11.5 Å². The van der Waals surface area contributed by atoms with Gasteiger partial charge in [0.2, 0.25) is 0 Å². The van der Waals surface area contributed by atoms with Crippen molar-refractivity contribution < 1.29 is 9.47 Å². The van der Waals surface area contributed by atoms with Crippen LogP contribution in [-0.4, -0.2) is 28.7 Å². The Balaban J connectivity index is 0.00000320. The Morgan fingerprint density at radius 3 is 2.47 bits per heavy atom. The van der Waals surface area contributed by atoms with Crippen LogP contribution in [0.25, 0.3) is 0 Å². The minimum atomic E-state index is 0. The second kappa shape index (κ2) is 12.1. The third-order valence-corrected chi connectivity index (χ3v) is 4.20. The van der Waals surface area contributed by atoms with Crippen molar-refractivity contribution in [2.75, 3.05) is 18.5 Å². The highest BCUT2D eigenvalue weighted by molar-refractivity contribution is 14.0. The van der Waals surface area contributed by atoms with Crippen molar-refractivity contribution in [3.63, 3.8) is 0 Å². The smallest absolute Gasteiger partial charge is 0.193 e. The van der Waals surface area contributed by atoms with E-state index in [0.717, 1.165) is 23.5 Å². The lowest BCUT2D eigenvalue weighted by molar-refractivity contribution is 0.332. The zero-order valence-corrected chi connectivity index (χ0v) is 19.6. The first-order valence-electron chi connectivity index (χ1n) is 9.68. The molecule has 0 aliphatic heterocycles. The quantitative estimate of drug-likeness (QED) is 0.250. The van der Waals surface area contributed by atoms with E-state index in [1.807, 2.05) is 49.1 Å². The second-order valence-corrected chi connectivity index (χ2v) is 6.40. The van der Waals surface area contributed by atoms with Crippen LogP contribution in [0.1, 0.15) is 25.0 Å². The maximum Gasteiger partial charge on any atom is 0.193 e. The zero-order valence-electron chi connectivity index (χ0n) is 17.2. The van der Waals surface area contributed by atoms with E-state index >= 15 is 0 Å². The fourth-order valence-corrected chi connectivity index (χ4v) is 2.84. The van der Waals surface area contributed by atoms with Gasteiger partial charge in [-0.2, -0.15) is 0 Å². The van der Waals surface area contributed by atoms with Crippen molar-refractivity contribution >= 4 is 35.6 Å². The van der Waals surface area contributed by atoms with Gasteiger partial charge in [-0.25, -0.2) is 9.98 Å². The van der Waals surface area contributed by atoms with Crippen molar-refractivity contribution in [3.8, 4) is 11.5 Å². The van der Waals surface area contributed by atoms with Crippen LogP contribution < -0.4 is 20.5 Å². The number of rotatable bonds is 9. The van der Waals surface area contributed by atoms with Crippen molar-refractivity contribution in [2.45, 2.75) is 26.9 Å². The minimum Gasteiger partial charge on any atom is -0.494 e. The summed E-state index contributed by atoms with van der Waals surface area (Å²) in [7, 11) is 0. The van der Waals surface area contributed by atoms with Crippen LogP contribution in [0.4, 0.5) is 5.69 Å². The predicted octanol–water partition coefficient (Wildman–Crippen LogP) is 4.27. The third kappa shape index (κ3) is 6.94. The molecule has 1 heterocycles. The first-order chi connectivity index (χ1) is 14.2. The van der Waals surface area contributed by atoms with Gasteiger partial charge >= 0.3 is 0 Å². The highest BCUT2D eigenvalue weighted by Crippen LogP contribution is 2.29. The van der Waals surface area contributed by atoms with Gasteiger partial charge in [-0.1, -0.05) is 24.3 Å². The molecule has 8 heteroatoms. The fraction of sp³-hybridized carbons (Fsp3) is 0.273. The van der Waals surface area contributed by atoms with Crippen LogP contribution in [0.5, 0.6) is 11.5 Å². The Bertz CT molecular complexity index is 927. The highest BCUT2D eigenvalue weighted by Gasteiger charge is 2.07. The van der Waals surface area contributed by atoms with E-state index in [1.54, 1.807) is 6.20 Å². The van der Waals surface area contributed by atoms with Gasteiger partial charge in [0, 0.05) is 25.0 Å². The summed E-state index contributed by atoms with van der Waals surface area (Å²) in [6, 6.07) is 13.9. The van der Waals surface area contributed by atoms with Crippen LogP contribution >= 0.6 is 24.0 Å². The lowest BCUT2D eigenvalue weighted by atomic mass is 10.1. The molecule has 2 aromatic carbocycles. The monoisotopic (exact) mass is 521 g/mol. The highest BCUT2D eigenvalue weighted by atomic mass is 127. The average molecular weight is 521 g/mol. The maximum atomic E-state index is 6.10. The molecule has 0 bridgehead atoms. The number of nitrogens with one attached hydrogen (secondary N) is 1. The van der Waals surface area contributed by atoms with E-state index in [-0.39, 0.29) is 24.0 Å². The number of nitrogens with two attached hydrogens (primary N) is 1. The molecule has 1 aromatic heterocycles. The molecular formula is C22H28IN5O2. The van der Waals surface area contributed by atoms with Gasteiger partial charge in [0.15, 0.2) is 5.96 Å². The van der Waals surface area contributed by atoms with Gasteiger partial charge in [-0.3, -0.25) is 0 Å². The number of anilines is 1. The Morgan fingerprint density at radius 2 is 1.80 bits per heavy atom. The lowest BCUT2D eigenvalue weighted by Gasteiger charge is -2.14. The Hall–Kier alpha value is -2.75. The number of nitrogens with zero attached hydrogens (tertiary/aromatic N) is 3. The van der Waals surface area contributed by atoms with Gasteiger partial charge in [0.25, 0.3) is 0 Å². The number of halogens is 1. The first kappa shape index (κ1) is 23.5. The topological polar surface area (TPSA) is 86.7 Å². The van der Waals surface area contributed by atoms with Crippen LogP contribution in [-0.2, 0) is 13.1 Å². The first-order valence-corrected chi connectivity index (χ1v) is 9.68. The normalized spacial score (nSPS) is 10.9. The van der Waals surface area contributed by atoms with Crippen LogP contribution in [0.15, 0.2) is 66.2 Å². The number of aliphatic imine (C=N–C) groups is 1. The molecule has 0 unspecified atom stereocenters. The number of imidazole rings is 1. The van der Waals surface area contributed by atoms with E-state index in [4.69, 9.17) is 15.2 Å². The molecule has 0 saturated carbocycles. The van der Waals surface area contributed by atoms with Crippen LogP contribution in [0.3, 0.4) is 0 Å². The lowest BCUT2D eigenvalue weighted by Crippen LogP contribution is -2.23. The summed E-state index contributed by atoms with van der Waals surface area (Å²) >= 11 is 0. The van der Waals surface area contributed by atoms with Crippen molar-refractivity contribution in [1.82, 2.24) is 9.55 Å². The summed E-state index contributed by atoms with van der Waals surface area (Å²) in [6.45, 7) is 6.32. The largest absolute Gasteiger partial charge is 0.494 e. The van der Waals surface area contributed by atoms with Gasteiger partial charge in [-0.15, -0.1) is 24.0 Å². The van der Waals surface area contributed by atoms with E-state index < -0.39 is 0 Å². The molecule has 0 amide bonds. The van der Waals surface area contributed by atoms with Gasteiger partial charge in [-0.05, 0) is 37.1 Å². The zero-order chi connectivity index (χ0) is 20.5. The van der Waals surface area contributed by atoms with Crippen LogP contribution in [0, 0.1) is 0 Å². The SMILES string of the molecule is CCOc1ccc(OCC)c(NC(N)=NCc2ccc(Cn3ccnc3)cc2)c1.I. The molecule has 0 aliphatic rings. The average Bonchev–Trinajstić information content (AvgIpc) is 3.23. The molecule has 0 saturated heterocycles. The fourth-order valence-electron chi connectivity index (χ4n) is 2.84. The summed E-state index contributed by atoms with van der Waals surface area (Å²) < 4.78 is 13.2. The Labute approximate surface area is 194 Å². The summed E-state index contributed by atoms with van der Waals surface area (Å²) in [6.07, 6.45) is 5.53. The third-order valence-electron chi connectivity index (χ3n) is 4.20. The summed E-state index contributed by atoms with van der Waals surface area (Å²) in [4.78, 5) is 8.50. The number of ether oxygens (including phenoxy) is 2. The molecule has 7 nitrogen and oxygen atoms in total. The number of guanidine groups is 1. The Kier molecular flexibility index (Phi) is 9.46. The standard InChI is InChI=1S/C22H27N5O2.HI/c1-3-28-19-9-10-21(29-4-2)20(13-19)26-22(23)25-14-17-5-7-18(8-6-17)15-27-12-11-24-16-27;/h5-13,16H,3-4,14-15H2,1-2H3,(H3,23,25,26);1H. The Morgan fingerprint density at radius 1 is 1.07 bits per heavy atom. The predicted molar refractivity (Wildman–Crippen MR) is 131 cm³/mol. The van der Waals surface area contributed by atoms with Crippen molar-refractivity contribution in [1.29, 1.82) is 0 Å². The second-order valence-electron chi connectivity index (χ2n) is 6.40. The molecule has 30 heavy (non-hydrogen) atoms. The summed E-state index contributed by atoms with van der Waals surface area (Å²) in [5.74, 6) is 1.78. The molecule has 3 rings (SSSR count). The molecule has 3 aromatic rings. The number of hydrogen-bond acceptors (Lipinski definition) is 4. The molecule has 160 valence electrons. The van der Waals surface area contributed by atoms with Crippen LogP contribution in [0.2, 0.25) is 0 Å². The molecule has 0 spiro atoms. The van der Waals surface area contributed by atoms with Crippen molar-refractivity contribution in [2.24, 2.45) is 10.7 Å². The number of hydrogen-bond donors (Lipinski definition) is 2. The maximum absolute atomic E-state index is 6.10. The molecule has 3 N–H and O–H groups in total. The molecule has 0 atom stereocenters. The van der Waals surface area contributed by atoms with E-state index in [0.29, 0.717) is 31.5 Å². The van der Waals surface area contributed by atoms with Gasteiger partial charge in [0.05, 0.1) is 31.8 Å². The summed E-state index contributed by atoms with van der Waals surface area (Å²) in [5, 5.41) is 3.12. The summed E-state index contributed by atoms with van der Waals surface area (Å²) in [5.41, 5.74) is 9.11. The molecular weight excluding hydrogens is 493 g/mol. The van der Waals surface area contributed by atoms with E-state index in [2.05, 4.69) is 39.6 Å². The van der Waals surface area contributed by atoms with E-state index in [1.165, 1.54) is 5.56 Å². The van der Waals surface area contributed by atoms with E-state index in [9.17, 15) is 0 Å². The molecule has 0 radical (unpaired) electrons. The van der Waals surface area contributed by atoms with Gasteiger partial charge < -0.3 is 25.1 Å². The number of benzene rings is 2. The van der Waals surface area contributed by atoms with Crippen molar-refractivity contribution in [3.05, 3.63) is 72.3 Å². The number of aromatic nitrogens is 2. The minimum absolute atomic E-state index is 0. The molecule has 0 fully saturated rings.